The van der Waals surface area contributed by atoms with E-state index in [9.17, 15) is 0 Å². The second kappa shape index (κ2) is 5.52. The number of hydrogen-bond donors (Lipinski definition) is 0. The van der Waals surface area contributed by atoms with Gasteiger partial charge in [0.15, 0.2) is 5.15 Å². The highest BCUT2D eigenvalue weighted by atomic mass is 35.5. The number of hydrogen-bond acceptors (Lipinski definition) is 3. The van der Waals surface area contributed by atoms with E-state index < -0.39 is 0 Å². The molecule has 0 radical (unpaired) electrons. The van der Waals surface area contributed by atoms with Gasteiger partial charge in [0.2, 0.25) is 0 Å². The first-order chi connectivity index (χ1) is 8.16. The molecular weight excluding hydrogens is 252 g/mol. The molecule has 1 heterocycles. The van der Waals surface area contributed by atoms with Crippen LogP contribution in [0.1, 0.15) is 25.3 Å². The molecule has 1 aromatic carbocycles. The first-order valence-corrected chi connectivity index (χ1v) is 6.60. The Morgan fingerprint density at radius 1 is 1.06 bits per heavy atom. The summed E-state index contributed by atoms with van der Waals surface area (Å²) in [6.45, 7) is 4.36. The van der Waals surface area contributed by atoms with Crippen LogP contribution in [0.3, 0.4) is 0 Å². The van der Waals surface area contributed by atoms with Gasteiger partial charge in [-0.15, -0.1) is 0 Å². The minimum atomic E-state index is 0.449. The van der Waals surface area contributed by atoms with Crippen molar-refractivity contribution in [2.45, 2.75) is 29.7 Å². The summed E-state index contributed by atoms with van der Waals surface area (Å²) in [5, 5.41) is 1.19. The van der Waals surface area contributed by atoms with Crippen LogP contribution < -0.4 is 0 Å². The van der Waals surface area contributed by atoms with Crippen LogP contribution in [0.2, 0.25) is 5.15 Å². The zero-order valence-corrected chi connectivity index (χ0v) is 11.3. The number of nitrogens with zero attached hydrogens (tertiary/aromatic N) is 2. The molecule has 0 aliphatic carbocycles. The van der Waals surface area contributed by atoms with E-state index in [1.807, 2.05) is 0 Å². The first kappa shape index (κ1) is 12.4. The largest absolute Gasteiger partial charge is 0.245 e. The molecule has 88 valence electrons. The summed E-state index contributed by atoms with van der Waals surface area (Å²) < 4.78 is 0. The maximum Gasteiger partial charge on any atom is 0.161 e. The van der Waals surface area contributed by atoms with Crippen molar-refractivity contribution in [3.63, 3.8) is 0 Å². The van der Waals surface area contributed by atoms with E-state index in [0.717, 1.165) is 9.92 Å². The van der Waals surface area contributed by atoms with Gasteiger partial charge in [-0.25, -0.2) is 9.97 Å². The van der Waals surface area contributed by atoms with Crippen LogP contribution in [0.15, 0.2) is 46.6 Å². The molecule has 0 N–H and O–H groups in total. The molecule has 0 saturated heterocycles. The molecule has 0 bridgehead atoms. The SMILES string of the molecule is CC(C)c1ccc(Sc2nccnc2Cl)cc1. The van der Waals surface area contributed by atoms with Gasteiger partial charge in [-0.2, -0.15) is 0 Å². The second-order valence-electron chi connectivity index (χ2n) is 3.98. The Balaban J connectivity index is 2.17. The zero-order chi connectivity index (χ0) is 12.3. The summed E-state index contributed by atoms with van der Waals surface area (Å²) in [5.41, 5.74) is 1.33. The first-order valence-electron chi connectivity index (χ1n) is 5.41. The molecule has 0 amide bonds. The van der Waals surface area contributed by atoms with Gasteiger partial charge in [0.05, 0.1) is 0 Å². The molecule has 0 spiro atoms. The van der Waals surface area contributed by atoms with Crippen LogP contribution in [0.5, 0.6) is 0 Å². The molecule has 0 aliphatic rings. The number of rotatable bonds is 3. The van der Waals surface area contributed by atoms with Crippen molar-refractivity contribution in [3.8, 4) is 0 Å². The van der Waals surface area contributed by atoms with Crippen molar-refractivity contribution in [2.75, 3.05) is 0 Å². The lowest BCUT2D eigenvalue weighted by Crippen LogP contribution is -1.87. The average Bonchev–Trinajstić information content (AvgIpc) is 2.33. The van der Waals surface area contributed by atoms with Gasteiger partial charge >= 0.3 is 0 Å². The average molecular weight is 265 g/mol. The van der Waals surface area contributed by atoms with Crippen LogP contribution in [0.4, 0.5) is 0 Å². The topological polar surface area (TPSA) is 25.8 Å². The predicted octanol–water partition coefficient (Wildman–Crippen LogP) is 4.40. The number of halogens is 1. The van der Waals surface area contributed by atoms with Gasteiger partial charge < -0.3 is 0 Å². The van der Waals surface area contributed by atoms with Crippen LogP contribution in [0.25, 0.3) is 0 Å². The van der Waals surface area contributed by atoms with Crippen LogP contribution in [-0.2, 0) is 0 Å². The minimum Gasteiger partial charge on any atom is -0.245 e. The van der Waals surface area contributed by atoms with Gasteiger partial charge in [-0.3, -0.25) is 0 Å². The van der Waals surface area contributed by atoms with E-state index >= 15 is 0 Å². The Hall–Kier alpha value is -1.06. The summed E-state index contributed by atoms with van der Waals surface area (Å²) in [6.07, 6.45) is 3.24. The van der Waals surface area contributed by atoms with Gasteiger partial charge in [-0.1, -0.05) is 49.3 Å². The van der Waals surface area contributed by atoms with Crippen LogP contribution >= 0.6 is 23.4 Å². The van der Waals surface area contributed by atoms with Gasteiger partial charge in [0, 0.05) is 17.3 Å². The molecule has 2 nitrogen and oxygen atoms in total. The molecular formula is C13H13ClN2S. The molecule has 0 atom stereocenters. The summed E-state index contributed by atoms with van der Waals surface area (Å²) in [6, 6.07) is 8.45. The molecule has 0 aliphatic heterocycles. The van der Waals surface area contributed by atoms with Crippen molar-refractivity contribution in [1.29, 1.82) is 0 Å². The lowest BCUT2D eigenvalue weighted by molar-refractivity contribution is 0.865. The van der Waals surface area contributed by atoms with Crippen LogP contribution in [0, 0.1) is 0 Å². The van der Waals surface area contributed by atoms with Gasteiger partial charge in [-0.05, 0) is 23.6 Å². The maximum absolute atomic E-state index is 5.96. The normalized spacial score (nSPS) is 10.8. The lowest BCUT2D eigenvalue weighted by Gasteiger charge is -2.06. The van der Waals surface area contributed by atoms with Gasteiger partial charge in [0.1, 0.15) is 5.03 Å². The highest BCUT2D eigenvalue weighted by molar-refractivity contribution is 7.99. The molecule has 4 heteroatoms. The minimum absolute atomic E-state index is 0.449. The van der Waals surface area contributed by atoms with Crippen molar-refractivity contribution in [3.05, 3.63) is 47.4 Å². The quantitative estimate of drug-likeness (QED) is 0.822. The van der Waals surface area contributed by atoms with E-state index in [0.29, 0.717) is 11.1 Å². The number of aromatic nitrogens is 2. The van der Waals surface area contributed by atoms with E-state index in [1.165, 1.54) is 17.3 Å². The Morgan fingerprint density at radius 2 is 1.71 bits per heavy atom. The van der Waals surface area contributed by atoms with E-state index in [-0.39, 0.29) is 0 Å². The lowest BCUT2D eigenvalue weighted by atomic mass is 10.0. The monoisotopic (exact) mass is 264 g/mol. The predicted molar refractivity (Wildman–Crippen MR) is 71.7 cm³/mol. The molecule has 17 heavy (non-hydrogen) atoms. The summed E-state index contributed by atoms with van der Waals surface area (Å²) >= 11 is 7.49. The van der Waals surface area contributed by atoms with E-state index in [1.54, 1.807) is 12.4 Å². The summed E-state index contributed by atoms with van der Waals surface area (Å²) in [4.78, 5) is 9.32. The zero-order valence-electron chi connectivity index (χ0n) is 9.72. The standard InChI is InChI=1S/C13H13ClN2S/c1-9(2)10-3-5-11(6-4-10)17-13-12(14)15-7-8-16-13/h3-9H,1-2H3. The summed E-state index contributed by atoms with van der Waals surface area (Å²) in [7, 11) is 0. The highest BCUT2D eigenvalue weighted by Gasteiger charge is 2.05. The smallest absolute Gasteiger partial charge is 0.161 e. The molecule has 0 saturated carbocycles. The molecule has 0 fully saturated rings. The second-order valence-corrected chi connectivity index (χ2v) is 5.40. The molecule has 1 aromatic heterocycles. The van der Waals surface area contributed by atoms with E-state index in [4.69, 9.17) is 11.6 Å². The summed E-state index contributed by atoms with van der Waals surface area (Å²) in [5.74, 6) is 0.550. The fraction of sp³-hybridized carbons (Fsp3) is 0.231. The maximum atomic E-state index is 5.96. The fourth-order valence-corrected chi connectivity index (χ4v) is 2.38. The third-order valence-electron chi connectivity index (χ3n) is 2.38. The van der Waals surface area contributed by atoms with Crippen molar-refractivity contribution >= 4 is 23.4 Å². The van der Waals surface area contributed by atoms with Crippen molar-refractivity contribution in [2.24, 2.45) is 0 Å². The fourth-order valence-electron chi connectivity index (χ4n) is 1.41. The van der Waals surface area contributed by atoms with Gasteiger partial charge in [0.25, 0.3) is 0 Å². The molecule has 2 rings (SSSR count). The molecule has 0 unspecified atom stereocenters. The number of benzene rings is 1. The Kier molecular flexibility index (Phi) is 4.02. The van der Waals surface area contributed by atoms with Crippen molar-refractivity contribution in [1.82, 2.24) is 9.97 Å². The Labute approximate surface area is 110 Å². The molecule has 2 aromatic rings. The highest BCUT2D eigenvalue weighted by Crippen LogP contribution is 2.30. The van der Waals surface area contributed by atoms with E-state index in [2.05, 4.69) is 48.1 Å². The Bertz CT molecular complexity index is 497. The van der Waals surface area contributed by atoms with Crippen molar-refractivity contribution < 1.29 is 0 Å². The third-order valence-corrected chi connectivity index (χ3v) is 3.77. The Morgan fingerprint density at radius 3 is 2.29 bits per heavy atom. The third kappa shape index (κ3) is 3.20. The van der Waals surface area contributed by atoms with Crippen LogP contribution in [-0.4, -0.2) is 9.97 Å².